The molecule has 0 saturated carbocycles. The lowest BCUT2D eigenvalue weighted by molar-refractivity contribution is 0.412. The third-order valence-electron chi connectivity index (χ3n) is 3.45. The Morgan fingerprint density at radius 1 is 1.10 bits per heavy atom. The molecule has 2 heterocycles. The highest BCUT2D eigenvalue weighted by Gasteiger charge is 2.38. The molecule has 0 N–H and O–H groups in total. The minimum Gasteiger partial charge on any atom is -0.495 e. The third kappa shape index (κ3) is 3.10. The summed E-state index contributed by atoms with van der Waals surface area (Å²) >= 11 is 7.51. The lowest BCUT2D eigenvalue weighted by Gasteiger charge is -2.37. The maximum atomic E-state index is 5.36. The van der Waals surface area contributed by atoms with Crippen molar-refractivity contribution in [3.63, 3.8) is 0 Å². The Bertz CT molecular complexity index is 612. The number of hydrogen-bond acceptors (Lipinski definition) is 4. The van der Waals surface area contributed by atoms with Crippen molar-refractivity contribution in [1.29, 1.82) is 0 Å². The van der Waals surface area contributed by atoms with Crippen LogP contribution in [-0.4, -0.2) is 23.6 Å². The van der Waals surface area contributed by atoms with Gasteiger partial charge in [-0.2, -0.15) is 0 Å². The Balaban J connectivity index is 2.09. The summed E-state index contributed by atoms with van der Waals surface area (Å²) < 4.78 is 6.38. The fourth-order valence-corrected chi connectivity index (χ4v) is 6.01. The van der Waals surface area contributed by atoms with Gasteiger partial charge in [0.25, 0.3) is 0 Å². The zero-order valence-corrected chi connectivity index (χ0v) is 14.9. The van der Waals surface area contributed by atoms with Gasteiger partial charge in [-0.25, -0.2) is 0 Å². The van der Waals surface area contributed by atoms with Crippen molar-refractivity contribution < 1.29 is 4.74 Å². The van der Waals surface area contributed by atoms with Gasteiger partial charge in [0, 0.05) is 16.2 Å². The molecule has 1 aromatic carbocycles. The first-order valence-electron chi connectivity index (χ1n) is 6.78. The van der Waals surface area contributed by atoms with Gasteiger partial charge >= 0.3 is 0 Å². The van der Waals surface area contributed by atoms with Crippen LogP contribution in [0.2, 0.25) is 0 Å². The van der Waals surface area contributed by atoms with Crippen LogP contribution in [-0.2, 0) is 4.08 Å². The summed E-state index contributed by atoms with van der Waals surface area (Å²) in [5.41, 5.74) is 2.52. The molecule has 0 spiro atoms. The van der Waals surface area contributed by atoms with Crippen molar-refractivity contribution in [2.45, 2.75) is 10.5 Å². The average Bonchev–Trinajstić information content (AvgIpc) is 2.56. The SMILES string of the molecule is COc1cncc(C2(c3ccc(Br)cc3)SCCCS2)c1. The summed E-state index contributed by atoms with van der Waals surface area (Å²) in [4.78, 5) is 4.36. The van der Waals surface area contributed by atoms with Crippen LogP contribution >= 0.6 is 39.5 Å². The standard InChI is InChI=1S/C16H16BrNOS2/c1-19-15-9-13(10-18-11-15)16(20-7-2-8-21-16)12-3-5-14(17)6-4-12/h3-6,9-11H,2,7-8H2,1H3. The average molecular weight is 382 g/mol. The van der Waals surface area contributed by atoms with Gasteiger partial charge in [-0.1, -0.05) is 28.1 Å². The van der Waals surface area contributed by atoms with E-state index in [-0.39, 0.29) is 4.08 Å². The molecule has 0 bridgehead atoms. The number of aromatic nitrogens is 1. The molecule has 1 fully saturated rings. The molecule has 0 radical (unpaired) electrons. The highest BCUT2D eigenvalue weighted by Crippen LogP contribution is 2.55. The maximum absolute atomic E-state index is 5.36. The van der Waals surface area contributed by atoms with Gasteiger partial charge in [0.2, 0.25) is 0 Å². The molecule has 3 rings (SSSR count). The van der Waals surface area contributed by atoms with E-state index >= 15 is 0 Å². The van der Waals surface area contributed by atoms with Crippen molar-refractivity contribution in [2.75, 3.05) is 18.6 Å². The van der Waals surface area contributed by atoms with E-state index in [0.29, 0.717) is 0 Å². The summed E-state index contributed by atoms with van der Waals surface area (Å²) in [5.74, 6) is 3.15. The zero-order valence-electron chi connectivity index (χ0n) is 11.7. The van der Waals surface area contributed by atoms with Crippen LogP contribution < -0.4 is 4.74 Å². The number of pyridine rings is 1. The number of halogens is 1. The minimum absolute atomic E-state index is 0.0828. The molecule has 21 heavy (non-hydrogen) atoms. The van der Waals surface area contributed by atoms with Gasteiger partial charge < -0.3 is 4.74 Å². The maximum Gasteiger partial charge on any atom is 0.137 e. The largest absolute Gasteiger partial charge is 0.495 e. The van der Waals surface area contributed by atoms with E-state index in [4.69, 9.17) is 4.74 Å². The van der Waals surface area contributed by atoms with Crippen molar-refractivity contribution in [3.05, 3.63) is 58.3 Å². The molecule has 0 unspecified atom stereocenters. The number of ether oxygens (including phenoxy) is 1. The molecule has 1 aliphatic heterocycles. The summed E-state index contributed by atoms with van der Waals surface area (Å²) in [6.07, 6.45) is 4.98. The number of rotatable bonds is 3. The highest BCUT2D eigenvalue weighted by molar-refractivity contribution is 9.10. The van der Waals surface area contributed by atoms with Crippen LogP contribution in [0.3, 0.4) is 0 Å². The summed E-state index contributed by atoms with van der Waals surface area (Å²) in [7, 11) is 1.69. The molecule has 110 valence electrons. The van der Waals surface area contributed by atoms with Crippen LogP contribution in [0.4, 0.5) is 0 Å². The van der Waals surface area contributed by atoms with E-state index in [2.05, 4.69) is 51.2 Å². The van der Waals surface area contributed by atoms with Gasteiger partial charge in [0.1, 0.15) is 9.83 Å². The molecule has 5 heteroatoms. The molecule has 0 amide bonds. The van der Waals surface area contributed by atoms with Crippen molar-refractivity contribution in [2.24, 2.45) is 0 Å². The molecule has 2 nitrogen and oxygen atoms in total. The van der Waals surface area contributed by atoms with Crippen LogP contribution in [0.5, 0.6) is 5.75 Å². The predicted molar refractivity (Wildman–Crippen MR) is 95.2 cm³/mol. The monoisotopic (exact) mass is 381 g/mol. The van der Waals surface area contributed by atoms with Crippen LogP contribution in [0.25, 0.3) is 0 Å². The minimum atomic E-state index is -0.0828. The lowest BCUT2D eigenvalue weighted by atomic mass is 10.1. The first-order valence-corrected chi connectivity index (χ1v) is 9.54. The lowest BCUT2D eigenvalue weighted by Crippen LogP contribution is -2.24. The number of hydrogen-bond donors (Lipinski definition) is 0. The van der Waals surface area contributed by atoms with E-state index in [0.717, 1.165) is 10.2 Å². The number of thioether (sulfide) groups is 2. The second-order valence-electron chi connectivity index (χ2n) is 4.79. The van der Waals surface area contributed by atoms with Crippen LogP contribution in [0, 0.1) is 0 Å². The smallest absolute Gasteiger partial charge is 0.137 e. The number of methoxy groups -OCH3 is 1. The van der Waals surface area contributed by atoms with Crippen LogP contribution in [0.15, 0.2) is 47.2 Å². The third-order valence-corrected chi connectivity index (χ3v) is 7.43. The van der Waals surface area contributed by atoms with E-state index in [1.165, 1.54) is 29.1 Å². The Morgan fingerprint density at radius 3 is 2.48 bits per heavy atom. The second kappa shape index (κ2) is 6.63. The van der Waals surface area contributed by atoms with Crippen LogP contribution in [0.1, 0.15) is 17.5 Å². The van der Waals surface area contributed by atoms with E-state index in [1.54, 1.807) is 13.3 Å². The van der Waals surface area contributed by atoms with Gasteiger partial charge in [0.15, 0.2) is 0 Å². The van der Waals surface area contributed by atoms with E-state index < -0.39 is 0 Å². The number of nitrogens with zero attached hydrogens (tertiary/aromatic N) is 1. The molecule has 1 aromatic heterocycles. The number of benzene rings is 1. The first-order chi connectivity index (χ1) is 10.2. The van der Waals surface area contributed by atoms with Crippen molar-refractivity contribution in [3.8, 4) is 5.75 Å². The summed E-state index contributed by atoms with van der Waals surface area (Å²) in [5, 5.41) is 0. The molecule has 0 atom stereocenters. The molecule has 1 aliphatic rings. The van der Waals surface area contributed by atoms with Gasteiger partial charge in [-0.15, -0.1) is 23.5 Å². The fraction of sp³-hybridized carbons (Fsp3) is 0.312. The van der Waals surface area contributed by atoms with Crippen molar-refractivity contribution >= 4 is 39.5 Å². The Morgan fingerprint density at radius 2 is 1.81 bits per heavy atom. The first kappa shape index (κ1) is 15.3. The molecule has 0 aliphatic carbocycles. The molecular weight excluding hydrogens is 366 g/mol. The molecular formula is C16H16BrNOS2. The van der Waals surface area contributed by atoms with E-state index in [9.17, 15) is 0 Å². The van der Waals surface area contributed by atoms with Crippen molar-refractivity contribution in [1.82, 2.24) is 4.98 Å². The Kier molecular flexibility index (Phi) is 4.82. The summed E-state index contributed by atoms with van der Waals surface area (Å²) in [6, 6.07) is 10.7. The van der Waals surface area contributed by atoms with Gasteiger partial charge in [-0.05, 0) is 41.7 Å². The molecule has 2 aromatic rings. The molecule has 1 saturated heterocycles. The van der Waals surface area contributed by atoms with E-state index in [1.807, 2.05) is 29.7 Å². The normalized spacial score (nSPS) is 17.4. The van der Waals surface area contributed by atoms with Gasteiger partial charge in [-0.3, -0.25) is 4.98 Å². The predicted octanol–water partition coefficient (Wildman–Crippen LogP) is 4.92. The highest BCUT2D eigenvalue weighted by atomic mass is 79.9. The Hall–Kier alpha value is -0.650. The fourth-order valence-electron chi connectivity index (χ4n) is 2.41. The Labute approximate surface area is 142 Å². The summed E-state index contributed by atoms with van der Waals surface area (Å²) in [6.45, 7) is 0. The van der Waals surface area contributed by atoms with Gasteiger partial charge in [0.05, 0.1) is 13.3 Å². The second-order valence-corrected chi connectivity index (χ2v) is 8.58. The zero-order chi connectivity index (χ0) is 14.7. The quantitative estimate of drug-likeness (QED) is 0.751. The topological polar surface area (TPSA) is 22.1 Å².